The number of piperidine rings is 1. The fourth-order valence-electron chi connectivity index (χ4n) is 2.04. The Bertz CT molecular complexity index is 205. The van der Waals surface area contributed by atoms with Crippen LogP contribution in [0.15, 0.2) is 0 Å². The Morgan fingerprint density at radius 3 is 2.93 bits per heavy atom. The molecular formula is C11H22N2O2. The Morgan fingerprint density at radius 1 is 1.60 bits per heavy atom. The molecule has 88 valence electrons. The van der Waals surface area contributed by atoms with Crippen LogP contribution in [0.3, 0.4) is 0 Å². The van der Waals surface area contributed by atoms with Crippen LogP contribution in [0.2, 0.25) is 0 Å². The molecule has 1 amide bonds. The van der Waals surface area contributed by atoms with Crippen LogP contribution in [-0.2, 0) is 9.63 Å². The van der Waals surface area contributed by atoms with Crippen molar-refractivity contribution in [2.75, 3.05) is 19.7 Å². The van der Waals surface area contributed by atoms with Crippen LogP contribution < -0.4 is 5.90 Å². The van der Waals surface area contributed by atoms with Crippen molar-refractivity contribution < 1.29 is 9.63 Å². The normalized spacial score (nSPS) is 22.1. The van der Waals surface area contributed by atoms with Gasteiger partial charge >= 0.3 is 0 Å². The summed E-state index contributed by atoms with van der Waals surface area (Å²) in [4.78, 5) is 18.4. The zero-order valence-corrected chi connectivity index (χ0v) is 9.74. The smallest absolute Gasteiger partial charge is 0.222 e. The van der Waals surface area contributed by atoms with Crippen molar-refractivity contribution >= 4 is 5.91 Å². The highest BCUT2D eigenvalue weighted by atomic mass is 16.6. The number of amides is 1. The standard InChI is InChI=1S/C11H22N2O2/c1-9(2)6-11(14)13-5-3-4-10(7-13)8-15-12/h9-10H,3-8,12H2,1-2H3. The summed E-state index contributed by atoms with van der Waals surface area (Å²) in [7, 11) is 0. The van der Waals surface area contributed by atoms with Gasteiger partial charge in [0.05, 0.1) is 6.61 Å². The molecule has 1 aliphatic heterocycles. The predicted molar refractivity (Wildman–Crippen MR) is 58.9 cm³/mol. The van der Waals surface area contributed by atoms with E-state index < -0.39 is 0 Å². The Balaban J connectivity index is 2.38. The summed E-state index contributed by atoms with van der Waals surface area (Å²) in [5, 5.41) is 0. The maximum Gasteiger partial charge on any atom is 0.222 e. The van der Waals surface area contributed by atoms with Gasteiger partial charge in [-0.3, -0.25) is 4.79 Å². The number of rotatable bonds is 4. The lowest BCUT2D eigenvalue weighted by molar-refractivity contribution is -0.134. The van der Waals surface area contributed by atoms with Crippen molar-refractivity contribution in [3.8, 4) is 0 Å². The molecule has 0 spiro atoms. The lowest BCUT2D eigenvalue weighted by Gasteiger charge is -2.32. The van der Waals surface area contributed by atoms with Crippen molar-refractivity contribution in [3.63, 3.8) is 0 Å². The quantitative estimate of drug-likeness (QED) is 0.714. The third-order valence-electron chi connectivity index (χ3n) is 2.79. The van der Waals surface area contributed by atoms with E-state index in [1.807, 2.05) is 4.90 Å². The first-order chi connectivity index (χ1) is 7.13. The topological polar surface area (TPSA) is 55.6 Å². The molecule has 1 fully saturated rings. The first kappa shape index (κ1) is 12.5. The molecule has 0 saturated carbocycles. The fourth-order valence-corrected chi connectivity index (χ4v) is 2.04. The van der Waals surface area contributed by atoms with Crippen LogP contribution in [0.5, 0.6) is 0 Å². The number of hydrogen-bond donors (Lipinski definition) is 1. The molecule has 0 radical (unpaired) electrons. The third-order valence-corrected chi connectivity index (χ3v) is 2.79. The second kappa shape index (κ2) is 6.08. The first-order valence-electron chi connectivity index (χ1n) is 5.73. The van der Waals surface area contributed by atoms with E-state index in [-0.39, 0.29) is 5.91 Å². The van der Waals surface area contributed by atoms with E-state index in [1.54, 1.807) is 0 Å². The highest BCUT2D eigenvalue weighted by Crippen LogP contribution is 2.18. The van der Waals surface area contributed by atoms with Crippen LogP contribution in [0.25, 0.3) is 0 Å². The molecule has 1 atom stereocenters. The van der Waals surface area contributed by atoms with Crippen LogP contribution in [0.1, 0.15) is 33.1 Å². The Morgan fingerprint density at radius 2 is 2.33 bits per heavy atom. The molecule has 2 N–H and O–H groups in total. The minimum atomic E-state index is 0.270. The van der Waals surface area contributed by atoms with E-state index in [0.717, 1.165) is 25.9 Å². The van der Waals surface area contributed by atoms with Crippen LogP contribution >= 0.6 is 0 Å². The predicted octanol–water partition coefficient (Wildman–Crippen LogP) is 1.16. The van der Waals surface area contributed by atoms with Crippen LogP contribution in [0.4, 0.5) is 0 Å². The van der Waals surface area contributed by atoms with E-state index in [2.05, 4.69) is 18.7 Å². The van der Waals surface area contributed by atoms with E-state index in [0.29, 0.717) is 24.9 Å². The molecule has 0 aromatic carbocycles. The van der Waals surface area contributed by atoms with Gasteiger partial charge in [-0.05, 0) is 18.8 Å². The van der Waals surface area contributed by atoms with Crippen LogP contribution in [-0.4, -0.2) is 30.5 Å². The van der Waals surface area contributed by atoms with Gasteiger partial charge in [-0.2, -0.15) is 0 Å². The second-order valence-corrected chi connectivity index (χ2v) is 4.78. The van der Waals surface area contributed by atoms with E-state index in [1.165, 1.54) is 0 Å². The van der Waals surface area contributed by atoms with Gasteiger partial charge in [0.1, 0.15) is 0 Å². The average Bonchev–Trinajstić information content (AvgIpc) is 2.17. The molecule has 1 unspecified atom stereocenters. The molecule has 0 aliphatic carbocycles. The summed E-state index contributed by atoms with van der Waals surface area (Å²) in [5.74, 6) is 6.18. The minimum absolute atomic E-state index is 0.270. The number of nitrogens with zero attached hydrogens (tertiary/aromatic N) is 1. The first-order valence-corrected chi connectivity index (χ1v) is 5.73. The summed E-state index contributed by atoms with van der Waals surface area (Å²) in [5.41, 5.74) is 0. The zero-order valence-electron chi connectivity index (χ0n) is 9.74. The van der Waals surface area contributed by atoms with Crippen LogP contribution in [0, 0.1) is 11.8 Å². The van der Waals surface area contributed by atoms with E-state index in [4.69, 9.17) is 5.90 Å². The highest BCUT2D eigenvalue weighted by molar-refractivity contribution is 5.76. The molecular weight excluding hydrogens is 192 g/mol. The number of hydrogen-bond acceptors (Lipinski definition) is 3. The molecule has 1 rings (SSSR count). The van der Waals surface area contributed by atoms with Crippen molar-refractivity contribution in [2.45, 2.75) is 33.1 Å². The minimum Gasteiger partial charge on any atom is -0.342 e. The highest BCUT2D eigenvalue weighted by Gasteiger charge is 2.23. The van der Waals surface area contributed by atoms with Gasteiger partial charge in [-0.1, -0.05) is 13.8 Å². The van der Waals surface area contributed by atoms with Gasteiger partial charge in [0.2, 0.25) is 5.91 Å². The van der Waals surface area contributed by atoms with Crippen molar-refractivity contribution in [3.05, 3.63) is 0 Å². The molecule has 4 heteroatoms. The molecule has 4 nitrogen and oxygen atoms in total. The van der Waals surface area contributed by atoms with Gasteiger partial charge in [-0.15, -0.1) is 0 Å². The molecule has 1 heterocycles. The number of likely N-dealkylation sites (tertiary alicyclic amines) is 1. The fraction of sp³-hybridized carbons (Fsp3) is 0.909. The molecule has 1 aliphatic rings. The largest absolute Gasteiger partial charge is 0.342 e. The van der Waals surface area contributed by atoms with Crippen molar-refractivity contribution in [1.82, 2.24) is 4.90 Å². The molecule has 15 heavy (non-hydrogen) atoms. The summed E-state index contributed by atoms with van der Waals surface area (Å²) in [6, 6.07) is 0. The van der Waals surface area contributed by atoms with Gasteiger partial charge in [0, 0.05) is 25.4 Å². The summed E-state index contributed by atoms with van der Waals surface area (Å²) >= 11 is 0. The number of carbonyl (C=O) groups is 1. The Kier molecular flexibility index (Phi) is 5.05. The molecule has 1 saturated heterocycles. The summed E-state index contributed by atoms with van der Waals surface area (Å²) in [6.07, 6.45) is 2.83. The molecule has 0 aromatic rings. The lowest BCUT2D eigenvalue weighted by Crippen LogP contribution is -2.41. The van der Waals surface area contributed by atoms with Gasteiger partial charge < -0.3 is 9.74 Å². The molecule has 0 bridgehead atoms. The SMILES string of the molecule is CC(C)CC(=O)N1CCCC(CON)C1. The lowest BCUT2D eigenvalue weighted by atomic mass is 9.98. The van der Waals surface area contributed by atoms with Gasteiger partial charge in [-0.25, -0.2) is 5.90 Å². The van der Waals surface area contributed by atoms with Gasteiger partial charge in [0.25, 0.3) is 0 Å². The second-order valence-electron chi connectivity index (χ2n) is 4.78. The zero-order chi connectivity index (χ0) is 11.3. The average molecular weight is 214 g/mol. The molecule has 0 aromatic heterocycles. The monoisotopic (exact) mass is 214 g/mol. The van der Waals surface area contributed by atoms with E-state index in [9.17, 15) is 4.79 Å². The van der Waals surface area contributed by atoms with Crippen molar-refractivity contribution in [2.24, 2.45) is 17.7 Å². The summed E-state index contributed by atoms with van der Waals surface area (Å²) < 4.78 is 0. The number of carbonyl (C=O) groups excluding carboxylic acids is 1. The van der Waals surface area contributed by atoms with Crippen molar-refractivity contribution in [1.29, 1.82) is 0 Å². The van der Waals surface area contributed by atoms with Gasteiger partial charge in [0.15, 0.2) is 0 Å². The maximum absolute atomic E-state index is 11.8. The Hall–Kier alpha value is -0.610. The Labute approximate surface area is 91.7 Å². The maximum atomic E-state index is 11.8. The number of nitrogens with two attached hydrogens (primary N) is 1. The van der Waals surface area contributed by atoms with E-state index >= 15 is 0 Å². The third kappa shape index (κ3) is 4.18. The summed E-state index contributed by atoms with van der Waals surface area (Å²) in [6.45, 7) is 6.41.